The average molecular weight is 211 g/mol. The predicted octanol–water partition coefficient (Wildman–Crippen LogP) is 3.71. The van der Waals surface area contributed by atoms with Gasteiger partial charge in [0, 0.05) is 9.79 Å². The molecular formula is C13H9NS. The van der Waals surface area contributed by atoms with E-state index in [-0.39, 0.29) is 0 Å². The van der Waals surface area contributed by atoms with Crippen molar-refractivity contribution in [3.63, 3.8) is 0 Å². The Morgan fingerprint density at radius 3 is 2.27 bits per heavy atom. The van der Waals surface area contributed by atoms with E-state index in [4.69, 9.17) is 5.26 Å². The van der Waals surface area contributed by atoms with Gasteiger partial charge in [0.25, 0.3) is 0 Å². The van der Waals surface area contributed by atoms with Crippen molar-refractivity contribution in [1.29, 1.82) is 5.26 Å². The molecule has 2 aromatic carbocycles. The van der Waals surface area contributed by atoms with Gasteiger partial charge in [-0.05, 0) is 24.3 Å². The lowest BCUT2D eigenvalue weighted by molar-refractivity contribution is 1.35. The van der Waals surface area contributed by atoms with Gasteiger partial charge in [-0.2, -0.15) is 5.26 Å². The van der Waals surface area contributed by atoms with Crippen molar-refractivity contribution in [2.24, 2.45) is 0 Å². The summed E-state index contributed by atoms with van der Waals surface area (Å²) < 4.78 is 0. The molecule has 0 fully saturated rings. The van der Waals surface area contributed by atoms with Crippen LogP contribution in [0.1, 0.15) is 5.56 Å². The van der Waals surface area contributed by atoms with Crippen LogP contribution < -0.4 is 0 Å². The third-order valence-electron chi connectivity index (χ3n) is 1.98. The Balaban J connectivity index is 2.29. The summed E-state index contributed by atoms with van der Waals surface area (Å²) in [4.78, 5) is 2.16. The van der Waals surface area contributed by atoms with E-state index in [1.54, 1.807) is 11.8 Å². The maximum absolute atomic E-state index is 8.93. The first-order valence-corrected chi connectivity index (χ1v) is 5.44. The first-order valence-electron chi connectivity index (χ1n) is 4.62. The zero-order chi connectivity index (χ0) is 10.5. The van der Waals surface area contributed by atoms with Crippen LogP contribution in [0.5, 0.6) is 0 Å². The molecule has 1 nitrogen and oxygen atoms in total. The fourth-order valence-corrected chi connectivity index (χ4v) is 2.18. The van der Waals surface area contributed by atoms with Crippen molar-refractivity contribution in [2.75, 3.05) is 0 Å². The molecule has 2 heteroatoms. The van der Waals surface area contributed by atoms with Crippen molar-refractivity contribution in [1.82, 2.24) is 0 Å². The molecule has 0 aliphatic carbocycles. The number of nitriles is 1. The molecule has 0 heterocycles. The molecule has 0 unspecified atom stereocenters. The van der Waals surface area contributed by atoms with Gasteiger partial charge >= 0.3 is 0 Å². The second-order valence-corrected chi connectivity index (χ2v) is 4.14. The standard InChI is InChI=1S/C13H9NS/c14-10-11-6-4-5-9-13(11)15-12-7-2-1-3-8-12/h1-9H. The molecule has 0 spiro atoms. The van der Waals surface area contributed by atoms with Crippen LogP contribution in [-0.2, 0) is 0 Å². The Morgan fingerprint density at radius 2 is 1.53 bits per heavy atom. The van der Waals surface area contributed by atoms with Crippen LogP contribution in [0.2, 0.25) is 0 Å². The minimum Gasteiger partial charge on any atom is -0.192 e. The van der Waals surface area contributed by atoms with Crippen molar-refractivity contribution in [2.45, 2.75) is 9.79 Å². The summed E-state index contributed by atoms with van der Waals surface area (Å²) in [5.41, 5.74) is 0.728. The van der Waals surface area contributed by atoms with Crippen LogP contribution in [0.25, 0.3) is 0 Å². The van der Waals surface area contributed by atoms with Crippen LogP contribution in [-0.4, -0.2) is 0 Å². The molecule has 15 heavy (non-hydrogen) atoms. The molecule has 0 aromatic heterocycles. The first kappa shape index (κ1) is 9.82. The number of nitrogens with zero attached hydrogens (tertiary/aromatic N) is 1. The number of hydrogen-bond donors (Lipinski definition) is 0. The number of hydrogen-bond acceptors (Lipinski definition) is 2. The lowest BCUT2D eigenvalue weighted by Gasteiger charge is -2.02. The largest absolute Gasteiger partial charge is 0.192 e. The minimum atomic E-state index is 0.728. The van der Waals surface area contributed by atoms with Gasteiger partial charge in [0.15, 0.2) is 0 Å². The van der Waals surface area contributed by atoms with Gasteiger partial charge in [0.05, 0.1) is 5.56 Å². The summed E-state index contributed by atoms with van der Waals surface area (Å²) in [7, 11) is 0. The summed E-state index contributed by atoms with van der Waals surface area (Å²) in [5.74, 6) is 0. The van der Waals surface area contributed by atoms with Crippen LogP contribution in [0.4, 0.5) is 0 Å². The molecule has 0 saturated carbocycles. The summed E-state index contributed by atoms with van der Waals surface area (Å²) in [6, 6.07) is 19.9. The van der Waals surface area contributed by atoms with E-state index < -0.39 is 0 Å². The summed E-state index contributed by atoms with van der Waals surface area (Å²) >= 11 is 1.62. The maximum Gasteiger partial charge on any atom is 0.100 e. The maximum atomic E-state index is 8.93. The van der Waals surface area contributed by atoms with Gasteiger partial charge < -0.3 is 0 Å². The topological polar surface area (TPSA) is 23.8 Å². The van der Waals surface area contributed by atoms with Crippen molar-refractivity contribution < 1.29 is 0 Å². The highest BCUT2D eigenvalue weighted by molar-refractivity contribution is 7.99. The molecule has 2 rings (SSSR count). The summed E-state index contributed by atoms with van der Waals surface area (Å²) in [5, 5.41) is 8.93. The summed E-state index contributed by atoms with van der Waals surface area (Å²) in [6.07, 6.45) is 0. The van der Waals surface area contributed by atoms with E-state index in [1.165, 1.54) is 0 Å². The van der Waals surface area contributed by atoms with Gasteiger partial charge in [-0.25, -0.2) is 0 Å². The van der Waals surface area contributed by atoms with Gasteiger partial charge in [0.1, 0.15) is 6.07 Å². The minimum absolute atomic E-state index is 0.728. The SMILES string of the molecule is N#Cc1ccccc1Sc1ccccc1. The van der Waals surface area contributed by atoms with E-state index in [1.807, 2.05) is 54.6 Å². The van der Waals surface area contributed by atoms with E-state index in [0.717, 1.165) is 15.4 Å². The highest BCUT2D eigenvalue weighted by Gasteiger charge is 2.01. The lowest BCUT2D eigenvalue weighted by Crippen LogP contribution is -1.79. The predicted molar refractivity (Wildman–Crippen MR) is 61.7 cm³/mol. The lowest BCUT2D eigenvalue weighted by atomic mass is 10.2. The molecule has 0 aliphatic heterocycles. The second kappa shape index (κ2) is 4.68. The summed E-state index contributed by atoms with van der Waals surface area (Å²) in [6.45, 7) is 0. The first-order chi connectivity index (χ1) is 7.40. The molecule has 72 valence electrons. The molecule has 0 radical (unpaired) electrons. The molecule has 2 aromatic rings. The van der Waals surface area contributed by atoms with Gasteiger partial charge in [-0.3, -0.25) is 0 Å². The van der Waals surface area contributed by atoms with Gasteiger partial charge in [-0.15, -0.1) is 0 Å². The molecule has 0 N–H and O–H groups in total. The van der Waals surface area contributed by atoms with E-state index in [0.29, 0.717) is 0 Å². The van der Waals surface area contributed by atoms with Crippen molar-refractivity contribution in [3.8, 4) is 6.07 Å². The average Bonchev–Trinajstić information content (AvgIpc) is 2.31. The fourth-order valence-electron chi connectivity index (χ4n) is 1.26. The van der Waals surface area contributed by atoms with Crippen molar-refractivity contribution >= 4 is 11.8 Å². The molecular weight excluding hydrogens is 202 g/mol. The third kappa shape index (κ3) is 2.39. The quantitative estimate of drug-likeness (QED) is 0.756. The van der Waals surface area contributed by atoms with E-state index in [2.05, 4.69) is 6.07 Å². The number of benzene rings is 2. The Bertz CT molecular complexity index is 485. The Morgan fingerprint density at radius 1 is 0.867 bits per heavy atom. The fraction of sp³-hybridized carbons (Fsp3) is 0. The molecule has 0 amide bonds. The number of rotatable bonds is 2. The van der Waals surface area contributed by atoms with Crippen LogP contribution in [0.15, 0.2) is 64.4 Å². The van der Waals surface area contributed by atoms with E-state index in [9.17, 15) is 0 Å². The van der Waals surface area contributed by atoms with E-state index >= 15 is 0 Å². The molecule has 0 saturated heterocycles. The Kier molecular flexibility index (Phi) is 3.06. The highest BCUT2D eigenvalue weighted by atomic mass is 32.2. The van der Waals surface area contributed by atoms with Crippen LogP contribution in [0.3, 0.4) is 0 Å². The molecule has 0 atom stereocenters. The highest BCUT2D eigenvalue weighted by Crippen LogP contribution is 2.29. The van der Waals surface area contributed by atoms with Gasteiger partial charge in [-0.1, -0.05) is 42.1 Å². The van der Waals surface area contributed by atoms with Gasteiger partial charge in [0.2, 0.25) is 0 Å². The zero-order valence-corrected chi connectivity index (χ0v) is 8.87. The Hall–Kier alpha value is -1.72. The third-order valence-corrected chi connectivity index (χ3v) is 3.06. The molecule has 0 bridgehead atoms. The Labute approximate surface area is 93.4 Å². The zero-order valence-electron chi connectivity index (χ0n) is 8.05. The monoisotopic (exact) mass is 211 g/mol. The smallest absolute Gasteiger partial charge is 0.100 e. The second-order valence-electron chi connectivity index (χ2n) is 3.02. The van der Waals surface area contributed by atoms with Crippen LogP contribution >= 0.6 is 11.8 Å². The molecule has 0 aliphatic rings. The van der Waals surface area contributed by atoms with Crippen molar-refractivity contribution in [3.05, 3.63) is 60.2 Å². The van der Waals surface area contributed by atoms with Crippen LogP contribution in [0, 0.1) is 11.3 Å². The normalized spacial score (nSPS) is 9.53.